The second-order valence-electron chi connectivity index (χ2n) is 13.7. The molecule has 1 atom stereocenters. The number of ether oxygens (including phenoxy) is 2. The number of unbranched alkanes of at least 4 members (excludes halogenated alkanes) is 18. The second kappa shape index (κ2) is 36.7. The zero-order valence-corrected chi connectivity index (χ0v) is 31.1. The summed E-state index contributed by atoms with van der Waals surface area (Å²) >= 11 is 0. The molecule has 1 rings (SSSR count). The molecule has 1 fully saturated rings. The summed E-state index contributed by atoms with van der Waals surface area (Å²) in [5, 5.41) is 0. The molecule has 1 saturated heterocycles. The van der Waals surface area contributed by atoms with Gasteiger partial charge >= 0.3 is 0 Å². The minimum atomic E-state index is 0.441. The van der Waals surface area contributed by atoms with Gasteiger partial charge in [-0.05, 0) is 103 Å². The Kier molecular flexibility index (Phi) is 34.2. The summed E-state index contributed by atoms with van der Waals surface area (Å²) in [6, 6.07) is 0.441. The first kappa shape index (κ1) is 42.9. The van der Waals surface area contributed by atoms with Gasteiger partial charge in [0.05, 0.1) is 19.3 Å². The molecule has 1 unspecified atom stereocenters. The van der Waals surface area contributed by atoms with E-state index >= 15 is 0 Å². The minimum Gasteiger partial charge on any atom is -0.380 e. The number of likely N-dealkylation sites (tertiary alicyclic amines) is 1. The van der Waals surface area contributed by atoms with E-state index in [-0.39, 0.29) is 0 Å². The van der Waals surface area contributed by atoms with Crippen molar-refractivity contribution in [2.45, 2.75) is 187 Å². The van der Waals surface area contributed by atoms with Crippen molar-refractivity contribution in [3.8, 4) is 0 Å². The largest absolute Gasteiger partial charge is 0.380 e. The van der Waals surface area contributed by atoms with Crippen LogP contribution in [0.1, 0.15) is 181 Å². The third kappa shape index (κ3) is 30.2. The van der Waals surface area contributed by atoms with Crippen molar-refractivity contribution in [1.29, 1.82) is 0 Å². The van der Waals surface area contributed by atoms with Crippen molar-refractivity contribution < 1.29 is 9.47 Å². The van der Waals surface area contributed by atoms with E-state index in [1.165, 1.54) is 167 Å². The standard InChI is InChI=1S/C43H79NO2/c1-3-5-7-9-11-13-15-17-19-21-23-25-27-29-31-35-39-45-41-43(44-37-33-34-38-44)42-46-40-36-32-30-28-26-24-22-20-18-16-14-12-10-8-6-4-2/h11-14,17-20,43H,3-10,15-16,21-42H2,1-2H3/b13-11-,14-12+,19-17-,20-18+. The van der Waals surface area contributed by atoms with Crippen LogP contribution in [-0.4, -0.2) is 50.5 Å². The lowest BCUT2D eigenvalue weighted by Gasteiger charge is -2.27. The normalized spacial score (nSPS) is 15.2. The van der Waals surface area contributed by atoms with Crippen LogP contribution in [0.4, 0.5) is 0 Å². The van der Waals surface area contributed by atoms with Gasteiger partial charge in [0.25, 0.3) is 0 Å². The highest BCUT2D eigenvalue weighted by atomic mass is 16.5. The third-order valence-corrected chi connectivity index (χ3v) is 9.26. The molecule has 0 N–H and O–H groups in total. The fourth-order valence-electron chi connectivity index (χ4n) is 6.19. The zero-order chi connectivity index (χ0) is 32.9. The third-order valence-electron chi connectivity index (χ3n) is 9.26. The maximum Gasteiger partial charge on any atom is 0.0644 e. The Morgan fingerprint density at radius 3 is 1.17 bits per heavy atom. The van der Waals surface area contributed by atoms with E-state index < -0.39 is 0 Å². The second-order valence-corrected chi connectivity index (χ2v) is 13.7. The van der Waals surface area contributed by atoms with Crippen LogP contribution in [0, 0.1) is 0 Å². The average molecular weight is 642 g/mol. The molecule has 3 nitrogen and oxygen atoms in total. The molecule has 3 heteroatoms. The predicted octanol–water partition coefficient (Wildman–Crippen LogP) is 13.1. The van der Waals surface area contributed by atoms with E-state index in [1.807, 2.05) is 0 Å². The molecule has 1 aliphatic heterocycles. The molecule has 0 aromatic rings. The van der Waals surface area contributed by atoms with Crippen LogP contribution in [0.3, 0.4) is 0 Å². The fraction of sp³-hybridized carbons (Fsp3) is 0.814. The van der Waals surface area contributed by atoms with Crippen molar-refractivity contribution in [1.82, 2.24) is 4.90 Å². The monoisotopic (exact) mass is 642 g/mol. The number of hydrogen-bond acceptors (Lipinski definition) is 3. The highest BCUT2D eigenvalue weighted by Crippen LogP contribution is 2.14. The SMILES string of the molecule is CCCCC/C=C\C/C=C\CCCCCCCCOCC(COCCCCCCCC/C=C/C/C=C/CCCCC)N1CCCC1. The molecule has 1 aliphatic rings. The van der Waals surface area contributed by atoms with Crippen LogP contribution in [0.15, 0.2) is 48.6 Å². The van der Waals surface area contributed by atoms with E-state index in [1.54, 1.807) is 0 Å². The minimum absolute atomic E-state index is 0.441. The van der Waals surface area contributed by atoms with Crippen LogP contribution >= 0.6 is 0 Å². The van der Waals surface area contributed by atoms with Crippen LogP contribution in [0.2, 0.25) is 0 Å². The van der Waals surface area contributed by atoms with Crippen molar-refractivity contribution in [2.24, 2.45) is 0 Å². The first-order chi connectivity index (χ1) is 22.9. The summed E-state index contributed by atoms with van der Waals surface area (Å²) in [5.41, 5.74) is 0. The molecule has 0 bridgehead atoms. The molecular weight excluding hydrogens is 562 g/mol. The van der Waals surface area contributed by atoms with Crippen LogP contribution in [0.5, 0.6) is 0 Å². The Balaban J connectivity index is 1.93. The van der Waals surface area contributed by atoms with Crippen LogP contribution in [0.25, 0.3) is 0 Å². The topological polar surface area (TPSA) is 21.7 Å². The quantitative estimate of drug-likeness (QED) is 0.0508. The lowest BCUT2D eigenvalue weighted by molar-refractivity contribution is 0.0110. The Labute approximate surface area is 288 Å². The molecule has 46 heavy (non-hydrogen) atoms. The molecule has 268 valence electrons. The first-order valence-electron chi connectivity index (χ1n) is 20.4. The molecule has 1 heterocycles. The molecule has 0 saturated carbocycles. The Morgan fingerprint density at radius 2 is 0.783 bits per heavy atom. The van der Waals surface area contributed by atoms with Gasteiger partial charge in [0, 0.05) is 13.2 Å². The summed E-state index contributed by atoms with van der Waals surface area (Å²) in [6.45, 7) is 10.5. The maximum atomic E-state index is 6.17. The van der Waals surface area contributed by atoms with E-state index in [4.69, 9.17) is 9.47 Å². The van der Waals surface area contributed by atoms with Gasteiger partial charge in [-0.1, -0.05) is 140 Å². The highest BCUT2D eigenvalue weighted by Gasteiger charge is 2.22. The molecule has 0 amide bonds. The summed E-state index contributed by atoms with van der Waals surface area (Å²) in [5.74, 6) is 0. The van der Waals surface area contributed by atoms with Gasteiger partial charge in [-0.15, -0.1) is 0 Å². The molecule has 0 aliphatic carbocycles. The average Bonchev–Trinajstić information content (AvgIpc) is 3.61. The lowest BCUT2D eigenvalue weighted by atomic mass is 10.1. The van der Waals surface area contributed by atoms with Crippen LogP contribution < -0.4 is 0 Å². The van der Waals surface area contributed by atoms with Crippen molar-refractivity contribution in [3.05, 3.63) is 48.6 Å². The van der Waals surface area contributed by atoms with Crippen molar-refractivity contribution >= 4 is 0 Å². The Hall–Kier alpha value is -1.16. The van der Waals surface area contributed by atoms with E-state index in [0.717, 1.165) is 39.3 Å². The van der Waals surface area contributed by atoms with E-state index in [0.29, 0.717) is 6.04 Å². The van der Waals surface area contributed by atoms with Gasteiger partial charge in [-0.3, -0.25) is 4.90 Å². The molecular formula is C43H79NO2. The van der Waals surface area contributed by atoms with Gasteiger partial charge in [-0.25, -0.2) is 0 Å². The maximum absolute atomic E-state index is 6.17. The van der Waals surface area contributed by atoms with Gasteiger partial charge in [0.2, 0.25) is 0 Å². The molecule has 0 radical (unpaired) electrons. The van der Waals surface area contributed by atoms with Gasteiger partial charge in [0.15, 0.2) is 0 Å². The van der Waals surface area contributed by atoms with Crippen LogP contribution in [-0.2, 0) is 9.47 Å². The van der Waals surface area contributed by atoms with Gasteiger partial charge in [0.1, 0.15) is 0 Å². The Bertz CT molecular complexity index is 654. The number of rotatable bonds is 35. The van der Waals surface area contributed by atoms with Gasteiger partial charge < -0.3 is 9.47 Å². The lowest BCUT2D eigenvalue weighted by Crippen LogP contribution is -2.40. The highest BCUT2D eigenvalue weighted by molar-refractivity contribution is 4.93. The molecule has 0 spiro atoms. The molecule has 0 aromatic carbocycles. The van der Waals surface area contributed by atoms with Crippen molar-refractivity contribution in [3.63, 3.8) is 0 Å². The van der Waals surface area contributed by atoms with Gasteiger partial charge in [-0.2, -0.15) is 0 Å². The Morgan fingerprint density at radius 1 is 0.435 bits per heavy atom. The fourth-order valence-corrected chi connectivity index (χ4v) is 6.19. The number of nitrogens with zero attached hydrogens (tertiary/aromatic N) is 1. The summed E-state index contributed by atoms with van der Waals surface area (Å²) < 4.78 is 12.3. The first-order valence-corrected chi connectivity index (χ1v) is 20.4. The summed E-state index contributed by atoms with van der Waals surface area (Å²) in [7, 11) is 0. The summed E-state index contributed by atoms with van der Waals surface area (Å²) in [4.78, 5) is 2.61. The number of allylic oxidation sites excluding steroid dienone is 8. The predicted molar refractivity (Wildman–Crippen MR) is 205 cm³/mol. The van der Waals surface area contributed by atoms with E-state index in [9.17, 15) is 0 Å². The van der Waals surface area contributed by atoms with E-state index in [2.05, 4.69) is 67.4 Å². The molecule has 0 aromatic heterocycles. The summed E-state index contributed by atoms with van der Waals surface area (Å²) in [6.07, 6.45) is 52.5. The smallest absolute Gasteiger partial charge is 0.0644 e. The number of hydrogen-bond donors (Lipinski definition) is 0. The zero-order valence-electron chi connectivity index (χ0n) is 31.1. The van der Waals surface area contributed by atoms with Crippen molar-refractivity contribution in [2.75, 3.05) is 39.5 Å².